The van der Waals surface area contributed by atoms with Gasteiger partial charge in [-0.15, -0.1) is 0 Å². The molecular formula is C2H4N2S5. The molecule has 0 aliphatic carbocycles. The van der Waals surface area contributed by atoms with Gasteiger partial charge >= 0.3 is 0 Å². The van der Waals surface area contributed by atoms with Gasteiger partial charge in [-0.2, -0.15) is 0 Å². The van der Waals surface area contributed by atoms with E-state index in [2.05, 4.69) is 35.1 Å². The molecule has 0 heterocycles. The average molecular weight is 216 g/mol. The lowest BCUT2D eigenvalue weighted by Gasteiger charge is -1.99. The first kappa shape index (κ1) is 9.83. The maximum atomic E-state index is 4.71. The molecule has 2 nitrogen and oxygen atoms in total. The first-order valence-corrected chi connectivity index (χ1v) is 4.29. The summed E-state index contributed by atoms with van der Waals surface area (Å²) in [5.74, 6) is 0. The lowest BCUT2D eigenvalue weighted by Crippen LogP contribution is -2.13. The zero-order chi connectivity index (χ0) is 7.28. The van der Waals surface area contributed by atoms with E-state index in [9.17, 15) is 0 Å². The van der Waals surface area contributed by atoms with Gasteiger partial charge < -0.3 is 9.44 Å². The molecule has 0 bridgehead atoms. The quantitative estimate of drug-likeness (QED) is 0.360. The van der Waals surface area contributed by atoms with E-state index in [0.717, 1.165) is 0 Å². The highest BCUT2D eigenvalue weighted by atomic mass is 32.2. The average Bonchev–Trinajstić information content (AvgIpc) is 1.87. The Morgan fingerprint density at radius 3 is 1.67 bits per heavy atom. The van der Waals surface area contributed by atoms with Crippen LogP contribution in [0.3, 0.4) is 0 Å². The van der Waals surface area contributed by atoms with Crippen molar-refractivity contribution >= 4 is 70.5 Å². The Morgan fingerprint density at radius 2 is 1.44 bits per heavy atom. The topological polar surface area (TPSA) is 24.1 Å². The van der Waals surface area contributed by atoms with Crippen LogP contribution in [0, 0.1) is 0 Å². The number of hydrogen-bond acceptors (Lipinski definition) is 5. The minimum atomic E-state index is 0.505. The van der Waals surface area contributed by atoms with E-state index in [4.69, 9.17) is 24.4 Å². The van der Waals surface area contributed by atoms with Gasteiger partial charge in [0.15, 0.2) is 8.64 Å². The van der Waals surface area contributed by atoms with E-state index >= 15 is 0 Å². The fourth-order valence-corrected chi connectivity index (χ4v) is 1.32. The Balaban J connectivity index is 3.47. The summed E-state index contributed by atoms with van der Waals surface area (Å²) in [4.78, 5) is 0. The predicted molar refractivity (Wildman–Crippen MR) is 57.0 cm³/mol. The van der Waals surface area contributed by atoms with Crippen LogP contribution in [-0.2, 0) is 0 Å². The summed E-state index contributed by atoms with van der Waals surface area (Å²) in [7, 11) is 0. The molecule has 0 rings (SSSR count). The first-order valence-electron chi connectivity index (χ1n) is 1.76. The van der Waals surface area contributed by atoms with Crippen LogP contribution < -0.4 is 9.44 Å². The second-order valence-electron chi connectivity index (χ2n) is 0.901. The smallest absolute Gasteiger partial charge is 0.150 e. The largest absolute Gasteiger partial charge is 0.318 e. The number of thiocarbonyl (C=S) groups is 2. The molecule has 0 spiro atoms. The van der Waals surface area contributed by atoms with Gasteiger partial charge in [0.1, 0.15) is 0 Å². The van der Waals surface area contributed by atoms with Crippen molar-refractivity contribution in [2.75, 3.05) is 0 Å². The van der Waals surface area contributed by atoms with Crippen LogP contribution in [0.2, 0.25) is 0 Å². The first-order chi connectivity index (χ1) is 4.20. The van der Waals surface area contributed by atoms with Gasteiger partial charge in [0.2, 0.25) is 0 Å². The molecule has 52 valence electrons. The maximum Gasteiger partial charge on any atom is 0.150 e. The van der Waals surface area contributed by atoms with Crippen LogP contribution in [0.4, 0.5) is 0 Å². The molecule has 0 aromatic heterocycles. The third kappa shape index (κ3) is 5.28. The van der Waals surface area contributed by atoms with Crippen molar-refractivity contribution in [2.24, 2.45) is 0 Å². The Hall–Kier alpha value is 0.830. The molecule has 0 unspecified atom stereocenters. The van der Waals surface area contributed by atoms with Crippen LogP contribution in [0.15, 0.2) is 0 Å². The molecule has 2 N–H and O–H groups in total. The Kier molecular flexibility index (Phi) is 6.12. The van der Waals surface area contributed by atoms with Crippen molar-refractivity contribution in [3.63, 3.8) is 0 Å². The van der Waals surface area contributed by atoms with Crippen molar-refractivity contribution < 1.29 is 0 Å². The van der Waals surface area contributed by atoms with E-state index in [1.54, 1.807) is 0 Å². The molecule has 0 radical (unpaired) electrons. The van der Waals surface area contributed by atoms with Gasteiger partial charge in [0, 0.05) is 0 Å². The van der Waals surface area contributed by atoms with Crippen LogP contribution >= 0.6 is 61.8 Å². The SMILES string of the molecule is S=C(NS)SC(=S)NS. The van der Waals surface area contributed by atoms with Crippen molar-refractivity contribution in [1.82, 2.24) is 9.44 Å². The van der Waals surface area contributed by atoms with E-state index in [0.29, 0.717) is 8.64 Å². The molecule has 0 aromatic carbocycles. The highest BCUT2D eigenvalue weighted by Gasteiger charge is 1.97. The fraction of sp³-hybridized carbons (Fsp3) is 0. The van der Waals surface area contributed by atoms with Crippen molar-refractivity contribution in [2.45, 2.75) is 0 Å². The lowest BCUT2D eigenvalue weighted by molar-refractivity contribution is 1.66. The third-order valence-corrected chi connectivity index (χ3v) is 2.70. The zero-order valence-corrected chi connectivity index (χ0v) is 8.36. The van der Waals surface area contributed by atoms with E-state index < -0.39 is 0 Å². The van der Waals surface area contributed by atoms with Gasteiger partial charge in [-0.1, -0.05) is 50.1 Å². The predicted octanol–water partition coefficient (Wildman–Crippen LogP) is 1.16. The summed E-state index contributed by atoms with van der Waals surface area (Å²) in [6.45, 7) is 0. The summed E-state index contributed by atoms with van der Waals surface area (Å²) in [5, 5.41) is 0. The number of rotatable bonds is 0. The molecule has 0 aliphatic heterocycles. The molecule has 0 aliphatic rings. The molecule has 0 saturated carbocycles. The highest BCUT2D eigenvalue weighted by molar-refractivity contribution is 8.38. The van der Waals surface area contributed by atoms with Gasteiger partial charge in [-0.25, -0.2) is 0 Å². The van der Waals surface area contributed by atoms with E-state index in [-0.39, 0.29) is 0 Å². The van der Waals surface area contributed by atoms with Crippen LogP contribution in [0.5, 0.6) is 0 Å². The summed E-state index contributed by atoms with van der Waals surface area (Å²) >= 11 is 18.0. The Bertz CT molecular complexity index is 108. The second-order valence-corrected chi connectivity index (χ2v) is 3.70. The minimum Gasteiger partial charge on any atom is -0.318 e. The Labute approximate surface area is 79.6 Å². The second kappa shape index (κ2) is 5.60. The zero-order valence-electron chi connectivity index (χ0n) is 4.12. The third-order valence-electron chi connectivity index (χ3n) is 0.368. The van der Waals surface area contributed by atoms with Gasteiger partial charge in [0.25, 0.3) is 0 Å². The summed E-state index contributed by atoms with van der Waals surface area (Å²) in [6.07, 6.45) is 0. The van der Waals surface area contributed by atoms with Crippen LogP contribution in [0.1, 0.15) is 0 Å². The molecule has 0 saturated heterocycles. The van der Waals surface area contributed by atoms with Crippen LogP contribution in [-0.4, -0.2) is 8.64 Å². The lowest BCUT2D eigenvalue weighted by atomic mass is 11.5. The summed E-state index contributed by atoms with van der Waals surface area (Å²) in [5.41, 5.74) is 0. The highest BCUT2D eigenvalue weighted by Crippen LogP contribution is 2.03. The maximum absolute atomic E-state index is 4.71. The molecule has 9 heavy (non-hydrogen) atoms. The molecule has 0 atom stereocenters. The Morgan fingerprint density at radius 1 is 1.11 bits per heavy atom. The number of thioether (sulfide) groups is 1. The molecule has 0 amide bonds. The van der Waals surface area contributed by atoms with Crippen molar-refractivity contribution in [1.29, 1.82) is 0 Å². The summed E-state index contributed by atoms with van der Waals surface area (Å²) < 4.78 is 5.92. The van der Waals surface area contributed by atoms with Gasteiger partial charge in [-0.05, 0) is 11.8 Å². The number of thiol groups is 2. The molecule has 0 aromatic rings. The van der Waals surface area contributed by atoms with E-state index in [1.807, 2.05) is 0 Å². The van der Waals surface area contributed by atoms with Crippen molar-refractivity contribution in [3.8, 4) is 0 Å². The fourth-order valence-electron chi connectivity index (χ4n) is 0.130. The number of nitrogens with one attached hydrogen (secondary N) is 2. The van der Waals surface area contributed by atoms with Crippen LogP contribution in [0.25, 0.3) is 0 Å². The molecular weight excluding hydrogens is 212 g/mol. The van der Waals surface area contributed by atoms with Gasteiger partial charge in [0.05, 0.1) is 0 Å². The molecule has 0 fully saturated rings. The number of hydrogen-bond donors (Lipinski definition) is 4. The van der Waals surface area contributed by atoms with E-state index in [1.165, 1.54) is 11.8 Å². The standard InChI is InChI=1S/C2H4N2S5/c5-1(3-7)9-2(6)4-8/h7-8H,(H,3,5)(H,4,6). The normalized spacial score (nSPS) is 8.22. The van der Waals surface area contributed by atoms with Gasteiger partial charge in [-0.3, -0.25) is 0 Å². The molecule has 7 heteroatoms. The van der Waals surface area contributed by atoms with Crippen molar-refractivity contribution in [3.05, 3.63) is 0 Å². The summed E-state index contributed by atoms with van der Waals surface area (Å²) in [6, 6.07) is 0. The monoisotopic (exact) mass is 216 g/mol. The minimum absolute atomic E-state index is 0.505.